The zero-order valence-corrected chi connectivity index (χ0v) is 15.9. The highest BCUT2D eigenvalue weighted by Gasteiger charge is 2.40. The number of carbonyl (C=O) groups excluding carboxylic acids is 1. The van der Waals surface area contributed by atoms with E-state index in [1.54, 1.807) is 24.3 Å². The summed E-state index contributed by atoms with van der Waals surface area (Å²) in [7, 11) is 0. The van der Waals surface area contributed by atoms with Crippen molar-refractivity contribution in [3.63, 3.8) is 0 Å². The molecular formula is C16H15Cl2NO3S2. The van der Waals surface area contributed by atoms with Crippen LogP contribution >= 0.6 is 47.2 Å². The normalized spacial score (nSPS) is 17.6. The van der Waals surface area contributed by atoms with Gasteiger partial charge in [-0.15, -0.1) is 0 Å². The van der Waals surface area contributed by atoms with Crippen molar-refractivity contribution in [3.8, 4) is 0 Å². The van der Waals surface area contributed by atoms with E-state index in [0.29, 0.717) is 33.4 Å². The number of nitrogens with zero attached hydrogens (tertiary/aromatic N) is 1. The van der Waals surface area contributed by atoms with Crippen LogP contribution in [0.15, 0.2) is 23.1 Å². The highest BCUT2D eigenvalue weighted by atomic mass is 35.5. The highest BCUT2D eigenvalue weighted by Crippen LogP contribution is 2.36. The lowest BCUT2D eigenvalue weighted by Gasteiger charge is -2.22. The molecular weight excluding hydrogens is 389 g/mol. The van der Waals surface area contributed by atoms with Gasteiger partial charge in [0.15, 0.2) is 0 Å². The summed E-state index contributed by atoms with van der Waals surface area (Å²) in [5, 5.41) is 10.3. The van der Waals surface area contributed by atoms with Crippen LogP contribution in [0.1, 0.15) is 31.7 Å². The Balaban J connectivity index is 2.30. The number of aliphatic carboxylic acids is 1. The molecule has 1 aromatic rings. The van der Waals surface area contributed by atoms with Crippen molar-refractivity contribution < 1.29 is 14.7 Å². The molecule has 128 valence electrons. The first-order valence-corrected chi connectivity index (χ1v) is 9.28. The predicted molar refractivity (Wildman–Crippen MR) is 102 cm³/mol. The van der Waals surface area contributed by atoms with Gasteiger partial charge in [0.1, 0.15) is 10.4 Å². The number of benzene rings is 1. The maximum atomic E-state index is 12.6. The molecule has 0 saturated carbocycles. The summed E-state index contributed by atoms with van der Waals surface area (Å²) in [6.45, 7) is 1.96. The van der Waals surface area contributed by atoms with Crippen molar-refractivity contribution in [1.82, 2.24) is 4.90 Å². The van der Waals surface area contributed by atoms with Gasteiger partial charge in [0.2, 0.25) is 0 Å². The summed E-state index contributed by atoms with van der Waals surface area (Å²) in [5.41, 5.74) is 0.627. The molecule has 1 aliphatic heterocycles. The number of thiocarbonyl (C=S) groups is 1. The fourth-order valence-corrected chi connectivity index (χ4v) is 4.08. The summed E-state index contributed by atoms with van der Waals surface area (Å²) in [6.07, 6.45) is 3.52. The van der Waals surface area contributed by atoms with Gasteiger partial charge in [0, 0.05) is 10.0 Å². The smallest absolute Gasteiger partial charge is 0.326 e. The van der Waals surface area contributed by atoms with Gasteiger partial charge in [0.25, 0.3) is 5.91 Å². The summed E-state index contributed by atoms with van der Waals surface area (Å²) >= 11 is 18.3. The Labute approximate surface area is 159 Å². The van der Waals surface area contributed by atoms with E-state index in [-0.39, 0.29) is 4.32 Å². The molecule has 1 N–H and O–H groups in total. The van der Waals surface area contributed by atoms with Gasteiger partial charge >= 0.3 is 5.97 Å². The second kappa shape index (κ2) is 8.34. The van der Waals surface area contributed by atoms with Crippen LogP contribution in [0.5, 0.6) is 0 Å². The summed E-state index contributed by atoms with van der Waals surface area (Å²) < 4.78 is 0.250. The second-order valence-corrected chi connectivity index (χ2v) is 7.73. The van der Waals surface area contributed by atoms with E-state index in [1.165, 1.54) is 4.90 Å². The first-order chi connectivity index (χ1) is 11.3. The van der Waals surface area contributed by atoms with Crippen LogP contribution in [0.3, 0.4) is 0 Å². The second-order valence-electron chi connectivity index (χ2n) is 5.21. The summed E-state index contributed by atoms with van der Waals surface area (Å²) in [5.74, 6) is -1.45. The maximum Gasteiger partial charge on any atom is 0.326 e. The molecule has 8 heteroatoms. The topological polar surface area (TPSA) is 57.6 Å². The Kier molecular flexibility index (Phi) is 6.69. The molecule has 1 heterocycles. The third-order valence-electron chi connectivity index (χ3n) is 3.50. The van der Waals surface area contributed by atoms with E-state index in [2.05, 4.69) is 0 Å². The quantitative estimate of drug-likeness (QED) is 0.543. The van der Waals surface area contributed by atoms with E-state index >= 15 is 0 Å². The van der Waals surface area contributed by atoms with Gasteiger partial charge in [-0.25, -0.2) is 4.79 Å². The van der Waals surface area contributed by atoms with Gasteiger partial charge in [0.05, 0.1) is 4.91 Å². The number of amides is 1. The number of unbranched alkanes of at least 4 members (excludes halogenated alkanes) is 1. The Bertz CT molecular complexity index is 721. The number of hydrogen-bond acceptors (Lipinski definition) is 4. The molecule has 1 fully saturated rings. The number of carboxylic acid groups (broad SMARTS) is 1. The van der Waals surface area contributed by atoms with E-state index in [9.17, 15) is 14.7 Å². The maximum absolute atomic E-state index is 12.6. The number of hydrogen-bond donors (Lipinski definition) is 1. The van der Waals surface area contributed by atoms with Crippen LogP contribution in [0, 0.1) is 0 Å². The minimum Gasteiger partial charge on any atom is -0.480 e. The van der Waals surface area contributed by atoms with Gasteiger partial charge in [-0.3, -0.25) is 9.69 Å². The van der Waals surface area contributed by atoms with Gasteiger partial charge < -0.3 is 5.11 Å². The highest BCUT2D eigenvalue weighted by molar-refractivity contribution is 8.26. The first kappa shape index (κ1) is 19.2. The molecule has 2 rings (SSSR count). The van der Waals surface area contributed by atoms with E-state index in [0.717, 1.165) is 18.2 Å². The minimum atomic E-state index is -1.05. The largest absolute Gasteiger partial charge is 0.480 e. The molecule has 24 heavy (non-hydrogen) atoms. The molecule has 0 aromatic heterocycles. The van der Waals surface area contributed by atoms with Crippen LogP contribution in [-0.4, -0.2) is 32.2 Å². The lowest BCUT2D eigenvalue weighted by atomic mass is 10.1. The Morgan fingerprint density at radius 1 is 1.46 bits per heavy atom. The third kappa shape index (κ3) is 4.30. The van der Waals surface area contributed by atoms with Crippen molar-refractivity contribution >= 4 is 69.5 Å². The van der Waals surface area contributed by atoms with Crippen LogP contribution in [0.4, 0.5) is 0 Å². The fourth-order valence-electron chi connectivity index (χ4n) is 2.27. The molecule has 1 aliphatic rings. The standard InChI is InChI=1S/C16H15Cl2NO3S2/c1-2-3-4-12(15(21)22)19-14(20)13(24-16(19)23)7-9-5-6-10(17)8-11(9)18/h5-8,12H,2-4H2,1H3,(H,21,22)/b13-7-. The van der Waals surface area contributed by atoms with Gasteiger partial charge in [-0.2, -0.15) is 0 Å². The minimum absolute atomic E-state index is 0.250. The third-order valence-corrected chi connectivity index (χ3v) is 5.39. The number of thioether (sulfide) groups is 1. The predicted octanol–water partition coefficient (Wildman–Crippen LogP) is 4.84. The monoisotopic (exact) mass is 403 g/mol. The number of carbonyl (C=O) groups is 2. The molecule has 4 nitrogen and oxygen atoms in total. The van der Waals surface area contributed by atoms with Crippen molar-refractivity contribution in [3.05, 3.63) is 38.7 Å². The van der Waals surface area contributed by atoms with E-state index in [1.807, 2.05) is 6.92 Å². The SMILES string of the molecule is CCCCC(C(=O)O)N1C(=O)/C(=C/c2ccc(Cl)cc2Cl)SC1=S. The summed E-state index contributed by atoms with van der Waals surface area (Å²) in [6, 6.07) is 4.01. The van der Waals surface area contributed by atoms with Gasteiger partial charge in [-0.05, 0) is 30.2 Å². The lowest BCUT2D eigenvalue weighted by molar-refractivity contribution is -0.145. The number of carboxylic acids is 1. The van der Waals surface area contributed by atoms with Crippen molar-refractivity contribution in [2.45, 2.75) is 32.2 Å². The van der Waals surface area contributed by atoms with Crippen LogP contribution in [0.2, 0.25) is 10.0 Å². The Morgan fingerprint density at radius 2 is 2.17 bits per heavy atom. The Hall–Kier alpha value is -1.08. The van der Waals surface area contributed by atoms with E-state index in [4.69, 9.17) is 35.4 Å². The molecule has 1 saturated heterocycles. The lowest BCUT2D eigenvalue weighted by Crippen LogP contribution is -2.43. The molecule has 0 spiro atoms. The molecule has 0 aliphatic carbocycles. The zero-order chi connectivity index (χ0) is 17.9. The average molecular weight is 404 g/mol. The molecule has 1 unspecified atom stereocenters. The number of rotatable bonds is 6. The van der Waals surface area contributed by atoms with Gasteiger partial charge in [-0.1, -0.05) is 73.0 Å². The van der Waals surface area contributed by atoms with Crippen LogP contribution < -0.4 is 0 Å². The van der Waals surface area contributed by atoms with Crippen molar-refractivity contribution in [2.24, 2.45) is 0 Å². The molecule has 1 aromatic carbocycles. The average Bonchev–Trinajstić information content (AvgIpc) is 2.78. The molecule has 0 radical (unpaired) electrons. The number of halogens is 2. The van der Waals surface area contributed by atoms with Crippen LogP contribution in [0.25, 0.3) is 6.08 Å². The summed E-state index contributed by atoms with van der Waals surface area (Å²) in [4.78, 5) is 25.7. The molecule has 1 atom stereocenters. The molecule has 0 bridgehead atoms. The fraction of sp³-hybridized carbons (Fsp3) is 0.312. The van der Waals surface area contributed by atoms with E-state index < -0.39 is 17.9 Å². The van der Waals surface area contributed by atoms with Crippen LogP contribution in [-0.2, 0) is 9.59 Å². The van der Waals surface area contributed by atoms with Crippen molar-refractivity contribution in [2.75, 3.05) is 0 Å². The Morgan fingerprint density at radius 3 is 2.75 bits per heavy atom. The first-order valence-electron chi connectivity index (χ1n) is 7.30. The molecule has 1 amide bonds. The zero-order valence-electron chi connectivity index (χ0n) is 12.8. The van der Waals surface area contributed by atoms with Crippen molar-refractivity contribution in [1.29, 1.82) is 0 Å².